The number of carbonyl (C=O) groups excluding carboxylic acids is 2. The van der Waals surface area contributed by atoms with Crippen LogP contribution in [0.25, 0.3) is 0 Å². The summed E-state index contributed by atoms with van der Waals surface area (Å²) in [7, 11) is 0. The van der Waals surface area contributed by atoms with E-state index in [9.17, 15) is 19.8 Å². The quantitative estimate of drug-likeness (QED) is 0.568. The molecule has 4 atom stereocenters. The second-order valence-electron chi connectivity index (χ2n) is 7.42. The van der Waals surface area contributed by atoms with Crippen molar-refractivity contribution < 1.29 is 19.8 Å². The molecule has 4 nitrogen and oxygen atoms in total. The number of phenolic OH excluding ortho intramolecular Hbond substituents is 1. The Morgan fingerprint density at radius 1 is 1.26 bits per heavy atom. The predicted octanol–water partition coefficient (Wildman–Crippen LogP) is 3.51. The van der Waals surface area contributed by atoms with Crippen LogP contribution in [-0.4, -0.2) is 21.8 Å². The van der Waals surface area contributed by atoms with Gasteiger partial charge in [-0.1, -0.05) is 13.0 Å². The summed E-state index contributed by atoms with van der Waals surface area (Å²) >= 11 is 0. The molecule has 0 amide bonds. The Morgan fingerprint density at radius 3 is 2.78 bits per heavy atom. The fourth-order valence-electron chi connectivity index (χ4n) is 5.18. The van der Waals surface area contributed by atoms with E-state index in [-0.39, 0.29) is 35.1 Å². The van der Waals surface area contributed by atoms with E-state index in [1.54, 1.807) is 12.1 Å². The molecule has 0 bridgehead atoms. The highest BCUT2D eigenvalue weighted by atomic mass is 16.3. The fourth-order valence-corrected chi connectivity index (χ4v) is 5.18. The molecule has 0 radical (unpaired) electrons. The zero-order valence-electron chi connectivity index (χ0n) is 13.1. The minimum Gasteiger partial charge on any atom is -0.515 e. The smallest absolute Gasteiger partial charge is 0.168 e. The van der Waals surface area contributed by atoms with Gasteiger partial charge in [0.25, 0.3) is 0 Å². The number of benzene rings is 1. The maximum Gasteiger partial charge on any atom is 0.168 e. The average molecular weight is 312 g/mol. The first kappa shape index (κ1) is 14.5. The molecule has 0 spiro atoms. The molecule has 4 heteroatoms. The lowest BCUT2D eigenvalue weighted by Crippen LogP contribution is -2.43. The molecule has 0 saturated heterocycles. The van der Waals surface area contributed by atoms with Crippen molar-refractivity contribution >= 4 is 11.6 Å². The minimum absolute atomic E-state index is 0.0485. The SMILES string of the molecule is C[C@]12CCC3c4ccc(O)cc4C(=O)CC3C1C/C(=C/O)C2=O. The molecule has 0 heterocycles. The zero-order chi connectivity index (χ0) is 16.4. The zero-order valence-corrected chi connectivity index (χ0v) is 13.1. The van der Waals surface area contributed by atoms with Crippen LogP contribution in [-0.2, 0) is 4.79 Å². The molecule has 0 aliphatic heterocycles. The minimum atomic E-state index is -0.454. The van der Waals surface area contributed by atoms with Crippen LogP contribution < -0.4 is 0 Å². The largest absolute Gasteiger partial charge is 0.515 e. The number of hydrogen-bond donors (Lipinski definition) is 2. The first-order chi connectivity index (χ1) is 11.0. The summed E-state index contributed by atoms with van der Waals surface area (Å²) in [6.45, 7) is 1.99. The van der Waals surface area contributed by atoms with Crippen molar-refractivity contribution in [1.29, 1.82) is 0 Å². The molecule has 2 N–H and O–H groups in total. The number of ketones is 2. The number of phenols is 1. The van der Waals surface area contributed by atoms with Crippen LogP contribution in [0.15, 0.2) is 30.0 Å². The lowest BCUT2D eigenvalue weighted by Gasteiger charge is -2.47. The van der Waals surface area contributed by atoms with E-state index in [1.807, 2.05) is 13.0 Å². The van der Waals surface area contributed by atoms with Crippen molar-refractivity contribution in [1.82, 2.24) is 0 Å². The Bertz CT molecular complexity index is 748. The molecular formula is C19H20O4. The number of hydrogen-bond acceptors (Lipinski definition) is 4. The Hall–Kier alpha value is -2.10. The maximum absolute atomic E-state index is 12.6. The second-order valence-corrected chi connectivity index (χ2v) is 7.42. The van der Waals surface area contributed by atoms with E-state index in [1.165, 1.54) is 0 Å². The topological polar surface area (TPSA) is 74.6 Å². The summed E-state index contributed by atoms with van der Waals surface area (Å²) in [6.07, 6.45) is 3.59. The van der Waals surface area contributed by atoms with Gasteiger partial charge in [0.05, 0.1) is 6.26 Å². The number of aliphatic hydroxyl groups is 1. The van der Waals surface area contributed by atoms with Crippen LogP contribution in [0.3, 0.4) is 0 Å². The van der Waals surface area contributed by atoms with Gasteiger partial charge < -0.3 is 10.2 Å². The molecule has 2 saturated carbocycles. The van der Waals surface area contributed by atoms with E-state index < -0.39 is 5.41 Å². The number of rotatable bonds is 0. The van der Waals surface area contributed by atoms with Gasteiger partial charge in [-0.3, -0.25) is 9.59 Å². The summed E-state index contributed by atoms with van der Waals surface area (Å²) < 4.78 is 0. The molecule has 120 valence electrons. The number of Topliss-reactive ketones (excluding diaryl/α,β-unsaturated/α-hetero) is 2. The molecule has 3 unspecified atom stereocenters. The Kier molecular flexibility index (Phi) is 2.96. The number of carbonyl (C=O) groups is 2. The molecule has 3 aliphatic carbocycles. The van der Waals surface area contributed by atoms with Crippen molar-refractivity contribution in [3.8, 4) is 5.75 Å². The Balaban J connectivity index is 1.79. The van der Waals surface area contributed by atoms with Crippen LogP contribution in [0.2, 0.25) is 0 Å². The third-order valence-electron chi connectivity index (χ3n) is 6.39. The fraction of sp³-hybridized carbons (Fsp3) is 0.474. The number of aromatic hydroxyl groups is 1. The van der Waals surface area contributed by atoms with Crippen molar-refractivity contribution in [2.24, 2.45) is 17.3 Å². The van der Waals surface area contributed by atoms with Crippen LogP contribution in [0.4, 0.5) is 0 Å². The molecule has 1 aromatic rings. The summed E-state index contributed by atoms with van der Waals surface area (Å²) in [5.41, 5.74) is 1.70. The predicted molar refractivity (Wildman–Crippen MR) is 84.5 cm³/mol. The van der Waals surface area contributed by atoms with Crippen molar-refractivity contribution in [3.05, 3.63) is 41.2 Å². The first-order valence-corrected chi connectivity index (χ1v) is 8.20. The molecule has 0 aromatic heterocycles. The van der Waals surface area contributed by atoms with Gasteiger partial charge in [0, 0.05) is 23.0 Å². The van der Waals surface area contributed by atoms with Gasteiger partial charge in [-0.15, -0.1) is 0 Å². The standard InChI is InChI=1S/C19H20O4/c1-19-5-4-13-12-3-2-11(21)7-15(12)17(22)8-14(13)16(19)6-10(9-20)18(19)23/h2-3,7,9,13-14,16,20-21H,4-6,8H2,1H3/b10-9-/t13?,14?,16?,19-/m0/s1. The third-order valence-corrected chi connectivity index (χ3v) is 6.39. The summed E-state index contributed by atoms with van der Waals surface area (Å²) in [6, 6.07) is 5.07. The van der Waals surface area contributed by atoms with E-state index in [0.29, 0.717) is 24.0 Å². The van der Waals surface area contributed by atoms with Gasteiger partial charge in [-0.05, 0) is 54.7 Å². The van der Waals surface area contributed by atoms with Crippen molar-refractivity contribution in [3.63, 3.8) is 0 Å². The van der Waals surface area contributed by atoms with Gasteiger partial charge in [0.15, 0.2) is 11.6 Å². The lowest BCUT2D eigenvalue weighted by molar-refractivity contribution is -0.127. The van der Waals surface area contributed by atoms with Gasteiger partial charge in [0.2, 0.25) is 0 Å². The summed E-state index contributed by atoms with van der Waals surface area (Å²) in [5.74, 6) is 0.727. The summed E-state index contributed by atoms with van der Waals surface area (Å²) in [5, 5.41) is 19.0. The van der Waals surface area contributed by atoms with Gasteiger partial charge in [0.1, 0.15) is 5.75 Å². The van der Waals surface area contributed by atoms with Gasteiger partial charge in [-0.25, -0.2) is 0 Å². The highest BCUT2D eigenvalue weighted by Gasteiger charge is 2.57. The molecule has 2 fully saturated rings. The van der Waals surface area contributed by atoms with Crippen LogP contribution in [0, 0.1) is 17.3 Å². The van der Waals surface area contributed by atoms with Crippen LogP contribution >= 0.6 is 0 Å². The third kappa shape index (κ3) is 1.84. The summed E-state index contributed by atoms with van der Waals surface area (Å²) in [4.78, 5) is 25.2. The van der Waals surface area contributed by atoms with E-state index >= 15 is 0 Å². The van der Waals surface area contributed by atoms with Crippen LogP contribution in [0.5, 0.6) is 5.75 Å². The van der Waals surface area contributed by atoms with Gasteiger partial charge >= 0.3 is 0 Å². The lowest BCUT2D eigenvalue weighted by atomic mass is 9.55. The Labute approximate surface area is 134 Å². The monoisotopic (exact) mass is 312 g/mol. The van der Waals surface area contributed by atoms with Crippen molar-refractivity contribution in [2.75, 3.05) is 0 Å². The average Bonchev–Trinajstić information content (AvgIpc) is 2.80. The van der Waals surface area contributed by atoms with Crippen LogP contribution in [0.1, 0.15) is 54.4 Å². The molecule has 4 rings (SSSR count). The normalized spacial score (nSPS) is 37.4. The van der Waals surface area contributed by atoms with E-state index in [4.69, 9.17) is 0 Å². The van der Waals surface area contributed by atoms with Gasteiger partial charge in [-0.2, -0.15) is 0 Å². The Morgan fingerprint density at radius 2 is 2.04 bits per heavy atom. The van der Waals surface area contributed by atoms with E-state index in [2.05, 4.69) is 0 Å². The molecular weight excluding hydrogens is 292 g/mol. The molecule has 3 aliphatic rings. The number of aliphatic hydroxyl groups excluding tert-OH is 1. The highest BCUT2D eigenvalue weighted by Crippen LogP contribution is 2.60. The number of fused-ring (bicyclic) bond motifs is 5. The first-order valence-electron chi connectivity index (χ1n) is 8.20. The van der Waals surface area contributed by atoms with E-state index in [0.717, 1.165) is 24.7 Å². The maximum atomic E-state index is 12.6. The molecule has 23 heavy (non-hydrogen) atoms. The molecule has 1 aromatic carbocycles. The highest BCUT2D eigenvalue weighted by molar-refractivity contribution is 6.03. The van der Waals surface area contributed by atoms with Crippen molar-refractivity contribution in [2.45, 2.75) is 38.5 Å². The second kappa shape index (κ2) is 4.70. The number of allylic oxidation sites excluding steroid dienone is 1.